The van der Waals surface area contributed by atoms with Crippen LogP contribution in [0.5, 0.6) is 11.5 Å². The van der Waals surface area contributed by atoms with Crippen molar-refractivity contribution in [3.8, 4) is 11.5 Å². The first-order chi connectivity index (χ1) is 11.6. The summed E-state index contributed by atoms with van der Waals surface area (Å²) in [5, 5.41) is 2.32. The van der Waals surface area contributed by atoms with E-state index in [0.29, 0.717) is 5.75 Å². The van der Waals surface area contributed by atoms with Gasteiger partial charge >= 0.3 is 5.97 Å². The zero-order chi connectivity index (χ0) is 16.9. The summed E-state index contributed by atoms with van der Waals surface area (Å²) < 4.78 is 10.3. The van der Waals surface area contributed by atoms with Crippen molar-refractivity contribution in [1.29, 1.82) is 0 Å². The van der Waals surface area contributed by atoms with Crippen molar-refractivity contribution in [2.45, 2.75) is 6.92 Å². The SMILES string of the molecule is COc1ccc2cc(/C=C/c3ccc(OC(C)=O)cc3)ccc2c1. The molecule has 0 aliphatic heterocycles. The normalized spacial score (nSPS) is 10.9. The zero-order valence-corrected chi connectivity index (χ0v) is 13.7. The molecule has 0 heterocycles. The maximum Gasteiger partial charge on any atom is 0.308 e. The standard InChI is InChI=1S/C21H18O3/c1-15(22)24-20-10-6-16(7-11-20)3-4-17-5-8-19-14-21(23-2)12-9-18(19)13-17/h3-14H,1-2H3/b4-3+. The predicted molar refractivity (Wildman–Crippen MR) is 97.2 cm³/mol. The molecule has 0 bridgehead atoms. The molecule has 0 saturated heterocycles. The summed E-state index contributed by atoms with van der Waals surface area (Å²) >= 11 is 0. The minimum absolute atomic E-state index is 0.314. The Balaban J connectivity index is 1.78. The number of ether oxygens (including phenoxy) is 2. The number of carbonyl (C=O) groups is 1. The smallest absolute Gasteiger partial charge is 0.308 e. The number of esters is 1. The van der Waals surface area contributed by atoms with Gasteiger partial charge in [0.05, 0.1) is 7.11 Å². The highest BCUT2D eigenvalue weighted by Gasteiger charge is 1.99. The second-order valence-corrected chi connectivity index (χ2v) is 5.47. The van der Waals surface area contributed by atoms with Gasteiger partial charge in [0.2, 0.25) is 0 Å². The summed E-state index contributed by atoms with van der Waals surface area (Å²) in [6.07, 6.45) is 4.09. The maximum atomic E-state index is 10.9. The van der Waals surface area contributed by atoms with E-state index in [4.69, 9.17) is 9.47 Å². The highest BCUT2D eigenvalue weighted by atomic mass is 16.5. The van der Waals surface area contributed by atoms with Crippen molar-refractivity contribution in [3.63, 3.8) is 0 Å². The first-order valence-electron chi connectivity index (χ1n) is 7.68. The van der Waals surface area contributed by atoms with Crippen LogP contribution in [0.25, 0.3) is 22.9 Å². The third kappa shape index (κ3) is 3.82. The molecule has 0 aliphatic rings. The molecule has 3 aromatic rings. The summed E-state index contributed by atoms with van der Waals surface area (Å²) in [6.45, 7) is 1.39. The lowest BCUT2D eigenvalue weighted by atomic mass is 10.1. The summed E-state index contributed by atoms with van der Waals surface area (Å²) in [5.41, 5.74) is 2.16. The Morgan fingerprint density at radius 1 is 0.792 bits per heavy atom. The Bertz CT molecular complexity index is 893. The van der Waals surface area contributed by atoms with Gasteiger partial charge in [0.15, 0.2) is 0 Å². The molecular formula is C21H18O3. The lowest BCUT2D eigenvalue weighted by Crippen LogP contribution is -2.00. The monoisotopic (exact) mass is 318 g/mol. The summed E-state index contributed by atoms with van der Waals surface area (Å²) in [4.78, 5) is 10.9. The molecule has 0 radical (unpaired) electrons. The molecule has 3 heteroatoms. The van der Waals surface area contributed by atoms with Crippen molar-refractivity contribution < 1.29 is 14.3 Å². The largest absolute Gasteiger partial charge is 0.497 e. The maximum absolute atomic E-state index is 10.9. The molecule has 0 N–H and O–H groups in total. The van der Waals surface area contributed by atoms with Gasteiger partial charge in [-0.25, -0.2) is 0 Å². The molecule has 3 nitrogen and oxygen atoms in total. The molecule has 0 unspecified atom stereocenters. The van der Waals surface area contributed by atoms with Crippen LogP contribution in [0.4, 0.5) is 0 Å². The fourth-order valence-corrected chi connectivity index (χ4v) is 2.48. The molecule has 0 atom stereocenters. The number of hydrogen-bond donors (Lipinski definition) is 0. The van der Waals surface area contributed by atoms with Crippen LogP contribution in [0.3, 0.4) is 0 Å². The van der Waals surface area contributed by atoms with E-state index in [0.717, 1.165) is 22.3 Å². The van der Waals surface area contributed by atoms with Gasteiger partial charge in [-0.3, -0.25) is 4.79 Å². The molecule has 3 aromatic carbocycles. The Morgan fingerprint density at radius 3 is 2.08 bits per heavy atom. The van der Waals surface area contributed by atoms with Crippen molar-refractivity contribution in [2.75, 3.05) is 7.11 Å². The third-order valence-corrected chi connectivity index (χ3v) is 3.68. The van der Waals surface area contributed by atoms with E-state index in [2.05, 4.69) is 30.3 Å². The first kappa shape index (κ1) is 15.8. The zero-order valence-electron chi connectivity index (χ0n) is 13.7. The van der Waals surface area contributed by atoms with Gasteiger partial charge in [0.1, 0.15) is 11.5 Å². The molecule has 3 rings (SSSR count). The van der Waals surface area contributed by atoms with E-state index >= 15 is 0 Å². The molecule has 24 heavy (non-hydrogen) atoms. The lowest BCUT2D eigenvalue weighted by Gasteiger charge is -2.04. The van der Waals surface area contributed by atoms with Crippen molar-refractivity contribution >= 4 is 28.9 Å². The van der Waals surface area contributed by atoms with Gasteiger partial charge in [-0.1, -0.05) is 42.5 Å². The number of methoxy groups -OCH3 is 1. The van der Waals surface area contributed by atoms with E-state index in [1.807, 2.05) is 30.3 Å². The van der Waals surface area contributed by atoms with Crippen LogP contribution >= 0.6 is 0 Å². The summed E-state index contributed by atoms with van der Waals surface area (Å²) in [5.74, 6) is 1.10. The van der Waals surface area contributed by atoms with E-state index in [1.54, 1.807) is 19.2 Å². The summed E-state index contributed by atoms with van der Waals surface area (Å²) in [6, 6.07) is 19.7. The minimum Gasteiger partial charge on any atom is -0.497 e. The molecule has 0 spiro atoms. The quantitative estimate of drug-likeness (QED) is 0.388. The Kier molecular flexibility index (Phi) is 4.62. The van der Waals surface area contributed by atoms with Gasteiger partial charge in [0, 0.05) is 6.92 Å². The average molecular weight is 318 g/mol. The number of rotatable bonds is 4. The van der Waals surface area contributed by atoms with E-state index in [-0.39, 0.29) is 5.97 Å². The predicted octanol–water partition coefficient (Wildman–Crippen LogP) is 4.94. The van der Waals surface area contributed by atoms with Crippen molar-refractivity contribution in [1.82, 2.24) is 0 Å². The van der Waals surface area contributed by atoms with Gasteiger partial charge < -0.3 is 9.47 Å². The Morgan fingerprint density at radius 2 is 1.38 bits per heavy atom. The molecule has 0 saturated carbocycles. The number of carbonyl (C=O) groups excluding carboxylic acids is 1. The highest BCUT2D eigenvalue weighted by Crippen LogP contribution is 2.23. The second kappa shape index (κ2) is 7.01. The fraction of sp³-hybridized carbons (Fsp3) is 0.0952. The number of hydrogen-bond acceptors (Lipinski definition) is 3. The van der Waals surface area contributed by atoms with Crippen LogP contribution in [-0.2, 0) is 4.79 Å². The van der Waals surface area contributed by atoms with Crippen LogP contribution < -0.4 is 9.47 Å². The molecule has 120 valence electrons. The topological polar surface area (TPSA) is 35.5 Å². The number of benzene rings is 3. The Hall–Kier alpha value is -3.07. The molecule has 0 aliphatic carbocycles. The summed E-state index contributed by atoms with van der Waals surface area (Å²) in [7, 11) is 1.67. The van der Waals surface area contributed by atoms with E-state index in [1.165, 1.54) is 12.3 Å². The molecule has 0 amide bonds. The lowest BCUT2D eigenvalue weighted by molar-refractivity contribution is -0.131. The molecule has 0 fully saturated rings. The van der Waals surface area contributed by atoms with Crippen molar-refractivity contribution in [3.05, 3.63) is 71.8 Å². The highest BCUT2D eigenvalue weighted by molar-refractivity contribution is 5.87. The molecule has 0 aromatic heterocycles. The van der Waals surface area contributed by atoms with Gasteiger partial charge in [0.25, 0.3) is 0 Å². The van der Waals surface area contributed by atoms with Gasteiger partial charge in [-0.05, 0) is 52.2 Å². The van der Waals surface area contributed by atoms with Crippen LogP contribution in [0.1, 0.15) is 18.1 Å². The second-order valence-electron chi connectivity index (χ2n) is 5.47. The number of fused-ring (bicyclic) bond motifs is 1. The van der Waals surface area contributed by atoms with E-state index in [9.17, 15) is 4.79 Å². The van der Waals surface area contributed by atoms with Gasteiger partial charge in [-0.15, -0.1) is 0 Å². The average Bonchev–Trinajstić information content (AvgIpc) is 2.60. The van der Waals surface area contributed by atoms with Crippen LogP contribution in [0.2, 0.25) is 0 Å². The first-order valence-corrected chi connectivity index (χ1v) is 7.68. The Labute approximate surface area is 141 Å². The van der Waals surface area contributed by atoms with Gasteiger partial charge in [-0.2, -0.15) is 0 Å². The minimum atomic E-state index is -0.314. The van der Waals surface area contributed by atoms with Crippen LogP contribution in [0, 0.1) is 0 Å². The van der Waals surface area contributed by atoms with Crippen LogP contribution in [-0.4, -0.2) is 13.1 Å². The van der Waals surface area contributed by atoms with Crippen LogP contribution in [0.15, 0.2) is 60.7 Å². The fourth-order valence-electron chi connectivity index (χ4n) is 2.48. The molecular weight excluding hydrogens is 300 g/mol. The van der Waals surface area contributed by atoms with E-state index < -0.39 is 0 Å². The van der Waals surface area contributed by atoms with Crippen molar-refractivity contribution in [2.24, 2.45) is 0 Å². The third-order valence-electron chi connectivity index (χ3n) is 3.68.